The predicted octanol–water partition coefficient (Wildman–Crippen LogP) is 2.72. The van der Waals surface area contributed by atoms with E-state index in [-0.39, 0.29) is 16.8 Å². The third-order valence-electron chi connectivity index (χ3n) is 3.68. The van der Waals surface area contributed by atoms with Crippen LogP contribution in [-0.4, -0.2) is 23.8 Å². The van der Waals surface area contributed by atoms with Crippen LogP contribution >= 0.6 is 11.6 Å². The van der Waals surface area contributed by atoms with E-state index in [1.54, 1.807) is 18.2 Å². The van der Waals surface area contributed by atoms with Crippen molar-refractivity contribution in [2.45, 2.75) is 0 Å². The Hall–Kier alpha value is -3.39. The normalized spacial score (nSPS) is 15.3. The summed E-state index contributed by atoms with van der Waals surface area (Å²) in [5.74, 6) is -0.945. The monoisotopic (exact) mass is 373 g/mol. The molecule has 1 fully saturated rings. The standard InChI is InChI=1S/C17H12ClN3O5/c1-26-15-6-5-13(21(24)25)7-10(15)8-14-16(22)19-20(17(14)23)12-4-2-3-11(18)9-12/h2-9H,1H3,(H,19,22). The molecule has 2 aromatic rings. The van der Waals surface area contributed by atoms with Gasteiger partial charge >= 0.3 is 0 Å². The van der Waals surface area contributed by atoms with Gasteiger partial charge in [-0.05, 0) is 30.3 Å². The van der Waals surface area contributed by atoms with Crippen LogP contribution in [0.3, 0.4) is 0 Å². The highest BCUT2D eigenvalue weighted by Crippen LogP contribution is 2.29. The molecular weight excluding hydrogens is 362 g/mol. The van der Waals surface area contributed by atoms with Crippen molar-refractivity contribution in [3.05, 3.63) is 68.7 Å². The van der Waals surface area contributed by atoms with E-state index in [0.717, 1.165) is 5.01 Å². The maximum atomic E-state index is 12.6. The zero-order valence-electron chi connectivity index (χ0n) is 13.4. The summed E-state index contributed by atoms with van der Waals surface area (Å²) >= 11 is 5.91. The van der Waals surface area contributed by atoms with Gasteiger partial charge < -0.3 is 4.74 Å². The van der Waals surface area contributed by atoms with Crippen LogP contribution in [0.15, 0.2) is 48.0 Å². The molecule has 1 N–H and O–H groups in total. The molecule has 1 saturated heterocycles. The number of carbonyl (C=O) groups is 2. The van der Waals surface area contributed by atoms with Crippen molar-refractivity contribution in [2.75, 3.05) is 12.1 Å². The minimum atomic E-state index is -0.636. The van der Waals surface area contributed by atoms with E-state index >= 15 is 0 Å². The van der Waals surface area contributed by atoms with Gasteiger partial charge in [0.1, 0.15) is 11.3 Å². The van der Waals surface area contributed by atoms with Gasteiger partial charge in [0.25, 0.3) is 17.5 Å². The number of nitro groups is 1. The van der Waals surface area contributed by atoms with Gasteiger partial charge in [-0.15, -0.1) is 0 Å². The summed E-state index contributed by atoms with van der Waals surface area (Å²) in [7, 11) is 1.39. The van der Waals surface area contributed by atoms with Crippen molar-refractivity contribution in [1.29, 1.82) is 0 Å². The van der Waals surface area contributed by atoms with E-state index in [1.807, 2.05) is 0 Å². The predicted molar refractivity (Wildman–Crippen MR) is 94.7 cm³/mol. The number of non-ortho nitro benzene ring substituents is 1. The molecule has 0 spiro atoms. The van der Waals surface area contributed by atoms with E-state index in [1.165, 1.54) is 37.5 Å². The highest BCUT2D eigenvalue weighted by Gasteiger charge is 2.34. The second-order valence-electron chi connectivity index (χ2n) is 5.30. The second kappa shape index (κ2) is 6.85. The summed E-state index contributed by atoms with van der Waals surface area (Å²) in [5.41, 5.74) is 2.71. The van der Waals surface area contributed by atoms with E-state index < -0.39 is 16.7 Å². The quantitative estimate of drug-likeness (QED) is 0.384. The zero-order valence-corrected chi connectivity index (χ0v) is 14.2. The fraction of sp³-hybridized carbons (Fsp3) is 0.0588. The number of carbonyl (C=O) groups excluding carboxylic acids is 2. The van der Waals surface area contributed by atoms with Crippen molar-refractivity contribution in [3.63, 3.8) is 0 Å². The molecule has 2 aromatic carbocycles. The number of hydrazine groups is 1. The van der Waals surface area contributed by atoms with Crippen molar-refractivity contribution in [2.24, 2.45) is 0 Å². The fourth-order valence-corrected chi connectivity index (χ4v) is 2.64. The number of amides is 2. The van der Waals surface area contributed by atoms with Gasteiger partial charge in [0, 0.05) is 22.7 Å². The Balaban J connectivity index is 2.01. The lowest BCUT2D eigenvalue weighted by Crippen LogP contribution is -2.35. The van der Waals surface area contributed by atoms with Gasteiger partial charge in [-0.3, -0.25) is 25.1 Å². The number of ether oxygens (including phenoxy) is 1. The Bertz CT molecular complexity index is 957. The number of methoxy groups -OCH3 is 1. The first kappa shape index (κ1) is 17.4. The molecule has 0 unspecified atom stereocenters. The van der Waals surface area contributed by atoms with E-state index in [9.17, 15) is 19.7 Å². The third kappa shape index (κ3) is 3.22. The first-order chi connectivity index (χ1) is 12.4. The molecule has 26 heavy (non-hydrogen) atoms. The van der Waals surface area contributed by atoms with Gasteiger partial charge in [0.2, 0.25) is 0 Å². The molecule has 0 saturated carbocycles. The molecule has 0 radical (unpaired) electrons. The molecule has 0 bridgehead atoms. The van der Waals surface area contributed by atoms with Crippen LogP contribution in [0.5, 0.6) is 5.75 Å². The van der Waals surface area contributed by atoms with Gasteiger partial charge in [-0.2, -0.15) is 0 Å². The van der Waals surface area contributed by atoms with Crippen LogP contribution in [0.25, 0.3) is 6.08 Å². The molecule has 3 rings (SSSR count). The van der Waals surface area contributed by atoms with Gasteiger partial charge in [-0.25, -0.2) is 5.01 Å². The highest BCUT2D eigenvalue weighted by molar-refractivity contribution is 6.33. The lowest BCUT2D eigenvalue weighted by Gasteiger charge is -2.14. The average molecular weight is 374 g/mol. The number of nitrogens with one attached hydrogen (secondary N) is 1. The molecule has 2 amide bonds. The van der Waals surface area contributed by atoms with E-state index in [4.69, 9.17) is 16.3 Å². The number of anilines is 1. The second-order valence-corrected chi connectivity index (χ2v) is 5.74. The first-order valence-electron chi connectivity index (χ1n) is 7.36. The molecule has 0 aromatic heterocycles. The molecule has 1 aliphatic rings. The lowest BCUT2D eigenvalue weighted by atomic mass is 10.1. The van der Waals surface area contributed by atoms with Crippen molar-refractivity contribution < 1.29 is 19.2 Å². The van der Waals surface area contributed by atoms with Gasteiger partial charge in [0.05, 0.1) is 17.7 Å². The summed E-state index contributed by atoms with van der Waals surface area (Å²) in [5, 5.41) is 12.4. The van der Waals surface area contributed by atoms with Crippen LogP contribution in [0.1, 0.15) is 5.56 Å². The minimum absolute atomic E-state index is 0.177. The summed E-state index contributed by atoms with van der Waals surface area (Å²) in [6.07, 6.45) is 1.26. The lowest BCUT2D eigenvalue weighted by molar-refractivity contribution is -0.384. The molecule has 8 nitrogen and oxygen atoms in total. The van der Waals surface area contributed by atoms with Gasteiger partial charge in [-0.1, -0.05) is 17.7 Å². The Morgan fingerprint density at radius 2 is 2.00 bits per heavy atom. The van der Waals surface area contributed by atoms with Crippen molar-refractivity contribution in [3.8, 4) is 5.75 Å². The van der Waals surface area contributed by atoms with Gasteiger partial charge in [0.15, 0.2) is 0 Å². The van der Waals surface area contributed by atoms with Crippen molar-refractivity contribution in [1.82, 2.24) is 5.43 Å². The maximum absolute atomic E-state index is 12.6. The SMILES string of the molecule is COc1ccc([N+](=O)[O-])cc1C=C1C(=O)NN(c2cccc(Cl)c2)C1=O. The molecule has 1 heterocycles. The summed E-state index contributed by atoms with van der Waals surface area (Å²) in [6, 6.07) is 10.3. The number of rotatable bonds is 4. The Morgan fingerprint density at radius 1 is 1.23 bits per heavy atom. The molecular formula is C17H12ClN3O5. The number of halogens is 1. The summed E-state index contributed by atoms with van der Waals surface area (Å²) < 4.78 is 5.15. The minimum Gasteiger partial charge on any atom is -0.496 e. The molecule has 0 aliphatic carbocycles. The number of nitro benzene ring substituents is 1. The van der Waals surface area contributed by atoms with E-state index in [0.29, 0.717) is 16.5 Å². The number of benzene rings is 2. The number of hydrogen-bond donors (Lipinski definition) is 1. The van der Waals surface area contributed by atoms with Crippen molar-refractivity contribution >= 4 is 40.9 Å². The van der Waals surface area contributed by atoms with Crippen LogP contribution in [-0.2, 0) is 9.59 Å². The third-order valence-corrected chi connectivity index (χ3v) is 3.92. The summed E-state index contributed by atoms with van der Waals surface area (Å²) in [4.78, 5) is 35.2. The van der Waals surface area contributed by atoms with E-state index in [2.05, 4.69) is 5.43 Å². The zero-order chi connectivity index (χ0) is 18.8. The number of nitrogens with zero attached hydrogens (tertiary/aromatic N) is 2. The Labute approximate surface area is 152 Å². The fourth-order valence-electron chi connectivity index (χ4n) is 2.46. The van der Waals surface area contributed by atoms with Crippen LogP contribution < -0.4 is 15.2 Å². The summed E-state index contributed by atoms with van der Waals surface area (Å²) in [6.45, 7) is 0. The first-order valence-corrected chi connectivity index (χ1v) is 7.73. The average Bonchev–Trinajstić information content (AvgIpc) is 2.90. The van der Waals surface area contributed by atoms with Crippen LogP contribution in [0, 0.1) is 10.1 Å². The highest BCUT2D eigenvalue weighted by atomic mass is 35.5. The Kier molecular flexibility index (Phi) is 4.59. The number of hydrogen-bond acceptors (Lipinski definition) is 5. The van der Waals surface area contributed by atoms with Crippen LogP contribution in [0.2, 0.25) is 5.02 Å². The molecule has 132 valence electrons. The smallest absolute Gasteiger partial charge is 0.282 e. The molecule has 9 heteroatoms. The Morgan fingerprint density at radius 3 is 2.65 bits per heavy atom. The topological polar surface area (TPSA) is 102 Å². The maximum Gasteiger partial charge on any atom is 0.282 e. The molecule has 0 atom stereocenters. The molecule has 1 aliphatic heterocycles. The van der Waals surface area contributed by atoms with Crippen LogP contribution in [0.4, 0.5) is 11.4 Å². The largest absolute Gasteiger partial charge is 0.496 e.